The highest BCUT2D eigenvalue weighted by molar-refractivity contribution is 9.11. The van der Waals surface area contributed by atoms with Gasteiger partial charge in [0.25, 0.3) is 5.91 Å². The Kier molecular flexibility index (Phi) is 4.97. The topological polar surface area (TPSA) is 52.9 Å². The first kappa shape index (κ1) is 15.2. The van der Waals surface area contributed by atoms with E-state index < -0.39 is 0 Å². The van der Waals surface area contributed by atoms with Crippen molar-refractivity contribution in [2.75, 3.05) is 5.32 Å². The molecular weight excluding hydrogens is 452 g/mol. The molecule has 100 valence electrons. The molecule has 0 radical (unpaired) electrons. The molecule has 0 aliphatic heterocycles. The lowest BCUT2D eigenvalue weighted by molar-refractivity contribution is 0.102. The first-order chi connectivity index (χ1) is 9.51. The first-order valence-corrected chi connectivity index (χ1v) is 7.85. The molecule has 0 heterocycles. The van der Waals surface area contributed by atoms with Crippen molar-refractivity contribution in [1.82, 2.24) is 0 Å². The molecule has 0 aliphatic rings. The summed E-state index contributed by atoms with van der Waals surface area (Å²) in [5.41, 5.74) is 1.39. The summed E-state index contributed by atoms with van der Waals surface area (Å²) in [6.45, 7) is 0. The normalized spacial score (nSPS) is 9.90. The molecule has 2 aromatic carbocycles. The van der Waals surface area contributed by atoms with Crippen LogP contribution in [0, 0.1) is 11.3 Å². The van der Waals surface area contributed by atoms with Crippen molar-refractivity contribution >= 4 is 59.4 Å². The number of hydrogen-bond donors (Lipinski definition) is 1. The second-order valence-corrected chi connectivity index (χ2v) is 6.57. The smallest absolute Gasteiger partial charge is 0.256 e. The Labute approximate surface area is 141 Å². The van der Waals surface area contributed by atoms with E-state index in [0.29, 0.717) is 21.3 Å². The summed E-state index contributed by atoms with van der Waals surface area (Å²) in [5, 5.41) is 11.8. The number of hydrogen-bond acceptors (Lipinski definition) is 2. The predicted octanol–water partition coefficient (Wildman–Crippen LogP) is 5.10. The molecule has 0 aromatic heterocycles. The van der Waals surface area contributed by atoms with Crippen molar-refractivity contribution in [3.63, 3.8) is 0 Å². The molecule has 2 aromatic rings. The quantitative estimate of drug-likeness (QED) is 0.680. The lowest BCUT2D eigenvalue weighted by Crippen LogP contribution is -2.13. The van der Waals surface area contributed by atoms with Crippen LogP contribution in [0.3, 0.4) is 0 Å². The Bertz CT molecular complexity index is 723. The van der Waals surface area contributed by atoms with Gasteiger partial charge in [-0.1, -0.05) is 31.9 Å². The second-order valence-electron chi connectivity index (χ2n) is 3.88. The highest BCUT2D eigenvalue weighted by Crippen LogP contribution is 2.25. The molecule has 0 atom stereocenters. The number of carbonyl (C=O) groups excluding carboxylic acids is 1. The number of benzene rings is 2. The average molecular weight is 459 g/mol. The fourth-order valence-electron chi connectivity index (χ4n) is 1.58. The number of halogens is 3. The molecule has 0 spiro atoms. The zero-order valence-corrected chi connectivity index (χ0v) is 14.7. The van der Waals surface area contributed by atoms with Gasteiger partial charge in [-0.15, -0.1) is 0 Å². The molecule has 0 unspecified atom stereocenters. The molecule has 2 rings (SSSR count). The SMILES string of the molecule is N#Cc1cc(Br)ccc1NC(=O)c1ccc(Br)cc1Br. The highest BCUT2D eigenvalue weighted by atomic mass is 79.9. The monoisotopic (exact) mass is 456 g/mol. The molecule has 20 heavy (non-hydrogen) atoms. The number of nitrogens with one attached hydrogen (secondary N) is 1. The molecule has 1 amide bonds. The van der Waals surface area contributed by atoms with Crippen LogP contribution in [-0.4, -0.2) is 5.91 Å². The fourth-order valence-corrected chi connectivity index (χ4v) is 3.17. The Balaban J connectivity index is 2.31. The summed E-state index contributed by atoms with van der Waals surface area (Å²) >= 11 is 9.97. The number of anilines is 1. The van der Waals surface area contributed by atoms with Gasteiger partial charge in [0.05, 0.1) is 16.8 Å². The van der Waals surface area contributed by atoms with Crippen LogP contribution in [0.2, 0.25) is 0 Å². The van der Waals surface area contributed by atoms with Gasteiger partial charge in [-0.25, -0.2) is 0 Å². The standard InChI is InChI=1S/C14H7Br3N2O/c15-9-2-4-13(8(5-9)7-18)19-14(20)11-3-1-10(16)6-12(11)17/h1-6H,(H,19,20). The van der Waals surface area contributed by atoms with E-state index >= 15 is 0 Å². The van der Waals surface area contributed by atoms with E-state index in [-0.39, 0.29) is 5.91 Å². The van der Waals surface area contributed by atoms with Gasteiger partial charge in [0, 0.05) is 13.4 Å². The summed E-state index contributed by atoms with van der Waals surface area (Å²) in [4.78, 5) is 12.2. The second kappa shape index (κ2) is 6.53. The van der Waals surface area contributed by atoms with Crippen LogP contribution in [0.25, 0.3) is 0 Å². The molecule has 0 bridgehead atoms. The number of nitrogens with zero attached hydrogens (tertiary/aromatic N) is 1. The minimum atomic E-state index is -0.275. The first-order valence-electron chi connectivity index (χ1n) is 5.47. The van der Waals surface area contributed by atoms with Gasteiger partial charge in [-0.2, -0.15) is 5.26 Å². The maximum Gasteiger partial charge on any atom is 0.256 e. The molecule has 0 saturated heterocycles. The zero-order valence-electron chi connectivity index (χ0n) is 9.95. The van der Waals surface area contributed by atoms with Crippen LogP contribution in [0.1, 0.15) is 15.9 Å². The number of carbonyl (C=O) groups is 1. The van der Waals surface area contributed by atoms with Crippen molar-refractivity contribution in [1.29, 1.82) is 5.26 Å². The van der Waals surface area contributed by atoms with E-state index in [1.54, 1.807) is 36.4 Å². The van der Waals surface area contributed by atoms with E-state index in [9.17, 15) is 4.79 Å². The molecule has 0 fully saturated rings. The summed E-state index contributed by atoms with van der Waals surface area (Å²) in [7, 11) is 0. The number of nitriles is 1. The summed E-state index contributed by atoms with van der Waals surface area (Å²) in [6, 6.07) is 12.5. The zero-order chi connectivity index (χ0) is 14.7. The van der Waals surface area contributed by atoms with E-state index in [1.807, 2.05) is 0 Å². The van der Waals surface area contributed by atoms with E-state index in [1.165, 1.54) is 0 Å². The molecule has 0 saturated carbocycles. The van der Waals surface area contributed by atoms with Crippen LogP contribution >= 0.6 is 47.8 Å². The maximum absolute atomic E-state index is 12.2. The third-order valence-corrected chi connectivity index (χ3v) is 4.17. The Morgan fingerprint density at radius 3 is 2.35 bits per heavy atom. The van der Waals surface area contributed by atoms with Crippen LogP contribution < -0.4 is 5.32 Å². The Morgan fingerprint density at radius 1 is 1.05 bits per heavy atom. The Morgan fingerprint density at radius 2 is 1.70 bits per heavy atom. The van der Waals surface area contributed by atoms with Gasteiger partial charge < -0.3 is 5.32 Å². The van der Waals surface area contributed by atoms with Gasteiger partial charge in [0.15, 0.2) is 0 Å². The molecule has 3 nitrogen and oxygen atoms in total. The summed E-state index contributed by atoms with van der Waals surface area (Å²) in [5.74, 6) is -0.275. The van der Waals surface area contributed by atoms with E-state index in [0.717, 1.165) is 8.95 Å². The molecular formula is C14H7Br3N2O. The molecule has 6 heteroatoms. The van der Waals surface area contributed by atoms with Gasteiger partial charge in [0.1, 0.15) is 6.07 Å². The minimum absolute atomic E-state index is 0.275. The van der Waals surface area contributed by atoms with Crippen molar-refractivity contribution in [2.45, 2.75) is 0 Å². The molecule has 0 aliphatic carbocycles. The fraction of sp³-hybridized carbons (Fsp3) is 0. The minimum Gasteiger partial charge on any atom is -0.321 e. The van der Waals surface area contributed by atoms with Gasteiger partial charge >= 0.3 is 0 Å². The average Bonchev–Trinajstić information content (AvgIpc) is 2.40. The third-order valence-electron chi connectivity index (χ3n) is 2.53. The maximum atomic E-state index is 12.2. The van der Waals surface area contributed by atoms with Crippen LogP contribution in [-0.2, 0) is 0 Å². The summed E-state index contributed by atoms with van der Waals surface area (Å²) in [6.07, 6.45) is 0. The Hall–Kier alpha value is -1.16. The van der Waals surface area contributed by atoms with E-state index in [4.69, 9.17) is 5.26 Å². The van der Waals surface area contributed by atoms with Crippen LogP contribution in [0.15, 0.2) is 49.8 Å². The van der Waals surface area contributed by atoms with Gasteiger partial charge in [-0.05, 0) is 52.3 Å². The highest BCUT2D eigenvalue weighted by Gasteiger charge is 2.12. The van der Waals surface area contributed by atoms with Crippen molar-refractivity contribution in [3.05, 3.63) is 60.9 Å². The number of rotatable bonds is 2. The predicted molar refractivity (Wildman–Crippen MR) is 88.7 cm³/mol. The third kappa shape index (κ3) is 3.48. The molecule has 1 N–H and O–H groups in total. The van der Waals surface area contributed by atoms with E-state index in [2.05, 4.69) is 59.2 Å². The van der Waals surface area contributed by atoms with Gasteiger partial charge in [-0.3, -0.25) is 4.79 Å². The van der Waals surface area contributed by atoms with Crippen molar-refractivity contribution < 1.29 is 4.79 Å². The summed E-state index contributed by atoms with van der Waals surface area (Å²) < 4.78 is 2.35. The van der Waals surface area contributed by atoms with Crippen LogP contribution in [0.4, 0.5) is 5.69 Å². The van der Waals surface area contributed by atoms with Crippen LogP contribution in [0.5, 0.6) is 0 Å². The lowest BCUT2D eigenvalue weighted by Gasteiger charge is -2.09. The van der Waals surface area contributed by atoms with Crippen molar-refractivity contribution in [3.8, 4) is 6.07 Å². The largest absolute Gasteiger partial charge is 0.321 e. The van der Waals surface area contributed by atoms with Crippen molar-refractivity contribution in [2.24, 2.45) is 0 Å². The van der Waals surface area contributed by atoms with Gasteiger partial charge in [0.2, 0.25) is 0 Å². The number of amides is 1. The lowest BCUT2D eigenvalue weighted by atomic mass is 10.1.